The second-order valence-electron chi connectivity index (χ2n) is 4.36. The molecule has 2 heterocycles. The molecule has 1 aromatic carbocycles. The van der Waals surface area contributed by atoms with E-state index in [1.807, 2.05) is 18.3 Å². The maximum absolute atomic E-state index is 8.83. The number of aromatic amines is 1. The van der Waals surface area contributed by atoms with Crippen molar-refractivity contribution in [3.05, 3.63) is 42.4 Å². The number of hydrogen-bond donors (Lipinski definition) is 3. The van der Waals surface area contributed by atoms with Crippen LogP contribution in [0.25, 0.3) is 10.9 Å². The largest absolute Gasteiger partial charge is 0.394 e. The molecule has 3 aromatic rings. The van der Waals surface area contributed by atoms with Gasteiger partial charge in [0.25, 0.3) is 0 Å². The molecule has 6 nitrogen and oxygen atoms in total. The van der Waals surface area contributed by atoms with E-state index in [-0.39, 0.29) is 6.61 Å². The molecular formula is C13H15N5O. The number of fused-ring (bicyclic) bond motifs is 1. The minimum absolute atomic E-state index is 0.103. The Bertz CT molecular complexity index is 672. The van der Waals surface area contributed by atoms with E-state index in [4.69, 9.17) is 5.11 Å². The average molecular weight is 257 g/mol. The highest BCUT2D eigenvalue weighted by Gasteiger charge is 2.00. The molecule has 0 saturated carbocycles. The Morgan fingerprint density at radius 3 is 3.16 bits per heavy atom. The zero-order chi connectivity index (χ0) is 13.1. The van der Waals surface area contributed by atoms with Crippen molar-refractivity contribution < 1.29 is 5.11 Å². The van der Waals surface area contributed by atoms with Crippen molar-refractivity contribution in [2.24, 2.45) is 0 Å². The van der Waals surface area contributed by atoms with Crippen molar-refractivity contribution in [2.45, 2.75) is 13.1 Å². The molecule has 0 fully saturated rings. The van der Waals surface area contributed by atoms with Crippen molar-refractivity contribution in [2.75, 3.05) is 11.9 Å². The number of nitrogens with one attached hydrogen (secondary N) is 2. The molecule has 0 unspecified atom stereocenters. The topological polar surface area (TPSA) is 78.8 Å². The van der Waals surface area contributed by atoms with E-state index in [1.54, 1.807) is 17.1 Å². The summed E-state index contributed by atoms with van der Waals surface area (Å²) >= 11 is 0. The zero-order valence-corrected chi connectivity index (χ0v) is 10.4. The van der Waals surface area contributed by atoms with Gasteiger partial charge in [0.05, 0.1) is 31.1 Å². The van der Waals surface area contributed by atoms with Crippen molar-refractivity contribution in [1.82, 2.24) is 20.0 Å². The summed E-state index contributed by atoms with van der Waals surface area (Å²) in [7, 11) is 0. The van der Waals surface area contributed by atoms with E-state index in [2.05, 4.69) is 26.7 Å². The lowest BCUT2D eigenvalue weighted by molar-refractivity contribution is 0.269. The van der Waals surface area contributed by atoms with Crippen molar-refractivity contribution >= 4 is 16.6 Å². The lowest BCUT2D eigenvalue weighted by atomic mass is 10.2. The molecule has 0 amide bonds. The minimum atomic E-state index is 0.103. The Labute approximate surface area is 110 Å². The van der Waals surface area contributed by atoms with E-state index in [0.29, 0.717) is 13.1 Å². The summed E-state index contributed by atoms with van der Waals surface area (Å²) in [5.41, 5.74) is 3.16. The third kappa shape index (κ3) is 2.58. The standard InChI is InChI=1S/C13H15N5O/c19-4-3-18-9-10(7-16-18)6-14-12-1-2-13-11(5-12)8-15-17-13/h1-2,5,7-9,14,19H,3-4,6H2,(H,15,17). The number of aliphatic hydroxyl groups excluding tert-OH is 1. The van der Waals surface area contributed by atoms with Crippen molar-refractivity contribution in [1.29, 1.82) is 0 Å². The number of rotatable bonds is 5. The number of aliphatic hydroxyl groups is 1. The van der Waals surface area contributed by atoms with Gasteiger partial charge < -0.3 is 10.4 Å². The molecular weight excluding hydrogens is 242 g/mol. The SMILES string of the molecule is OCCn1cc(CNc2ccc3[nH]ncc3c2)cn1. The van der Waals surface area contributed by atoms with Gasteiger partial charge in [-0.1, -0.05) is 0 Å². The maximum Gasteiger partial charge on any atom is 0.0651 e. The third-order valence-electron chi connectivity index (χ3n) is 2.95. The third-order valence-corrected chi connectivity index (χ3v) is 2.95. The maximum atomic E-state index is 8.83. The second kappa shape index (κ2) is 5.11. The number of anilines is 1. The minimum Gasteiger partial charge on any atom is -0.394 e. The lowest BCUT2D eigenvalue weighted by Gasteiger charge is -2.04. The Hall–Kier alpha value is -2.34. The van der Waals surface area contributed by atoms with Crippen LogP contribution in [0.4, 0.5) is 5.69 Å². The molecule has 3 rings (SSSR count). The van der Waals surface area contributed by atoms with Crippen LogP contribution >= 0.6 is 0 Å². The summed E-state index contributed by atoms with van der Waals surface area (Å²) in [6, 6.07) is 6.06. The van der Waals surface area contributed by atoms with Gasteiger partial charge >= 0.3 is 0 Å². The van der Waals surface area contributed by atoms with Gasteiger partial charge in [-0.15, -0.1) is 0 Å². The number of hydrogen-bond acceptors (Lipinski definition) is 4. The predicted molar refractivity (Wildman–Crippen MR) is 72.7 cm³/mol. The van der Waals surface area contributed by atoms with Gasteiger partial charge in [0.15, 0.2) is 0 Å². The molecule has 6 heteroatoms. The summed E-state index contributed by atoms with van der Waals surface area (Å²) < 4.78 is 1.73. The first kappa shape index (κ1) is 11.7. The fourth-order valence-corrected chi connectivity index (χ4v) is 1.98. The summed E-state index contributed by atoms with van der Waals surface area (Å²) in [5, 5.41) is 24.3. The Morgan fingerprint density at radius 1 is 1.32 bits per heavy atom. The van der Waals surface area contributed by atoms with Crippen LogP contribution in [0, 0.1) is 0 Å². The van der Waals surface area contributed by atoms with Gasteiger partial charge in [0, 0.05) is 29.4 Å². The van der Waals surface area contributed by atoms with Gasteiger partial charge in [-0.25, -0.2) is 0 Å². The second-order valence-corrected chi connectivity index (χ2v) is 4.36. The normalized spacial score (nSPS) is 11.0. The quantitative estimate of drug-likeness (QED) is 0.645. The van der Waals surface area contributed by atoms with Gasteiger partial charge in [0.2, 0.25) is 0 Å². The highest BCUT2D eigenvalue weighted by Crippen LogP contribution is 2.17. The molecule has 0 saturated heterocycles. The monoisotopic (exact) mass is 257 g/mol. The molecule has 98 valence electrons. The first-order valence-electron chi connectivity index (χ1n) is 6.14. The van der Waals surface area contributed by atoms with Crippen LogP contribution in [-0.2, 0) is 13.1 Å². The Balaban J connectivity index is 1.67. The highest BCUT2D eigenvalue weighted by atomic mass is 16.3. The fraction of sp³-hybridized carbons (Fsp3) is 0.231. The molecule has 0 aliphatic carbocycles. The van der Waals surface area contributed by atoms with Gasteiger partial charge in [-0.05, 0) is 18.2 Å². The first-order chi connectivity index (χ1) is 9.35. The van der Waals surface area contributed by atoms with E-state index in [1.165, 1.54) is 0 Å². The molecule has 3 N–H and O–H groups in total. The summed E-state index contributed by atoms with van der Waals surface area (Å²) in [6.45, 7) is 1.33. The van der Waals surface area contributed by atoms with E-state index < -0.39 is 0 Å². The van der Waals surface area contributed by atoms with Crippen molar-refractivity contribution in [3.63, 3.8) is 0 Å². The van der Waals surface area contributed by atoms with Crippen LogP contribution in [0.5, 0.6) is 0 Å². The van der Waals surface area contributed by atoms with Crippen molar-refractivity contribution in [3.8, 4) is 0 Å². The van der Waals surface area contributed by atoms with Gasteiger partial charge in [-0.2, -0.15) is 10.2 Å². The zero-order valence-electron chi connectivity index (χ0n) is 10.4. The van der Waals surface area contributed by atoms with Crippen LogP contribution in [0.1, 0.15) is 5.56 Å². The van der Waals surface area contributed by atoms with E-state index >= 15 is 0 Å². The fourth-order valence-electron chi connectivity index (χ4n) is 1.98. The van der Waals surface area contributed by atoms with Crippen LogP contribution in [0.15, 0.2) is 36.8 Å². The first-order valence-corrected chi connectivity index (χ1v) is 6.14. The molecule has 0 radical (unpaired) electrons. The molecule has 0 aliphatic heterocycles. The number of benzene rings is 1. The van der Waals surface area contributed by atoms with E-state index in [0.717, 1.165) is 22.2 Å². The summed E-state index contributed by atoms with van der Waals surface area (Å²) in [5.74, 6) is 0. The van der Waals surface area contributed by atoms with Crippen LogP contribution in [-0.4, -0.2) is 31.7 Å². The molecule has 0 aliphatic rings. The Kier molecular flexibility index (Phi) is 3.16. The molecule has 19 heavy (non-hydrogen) atoms. The molecule has 2 aromatic heterocycles. The van der Waals surface area contributed by atoms with Crippen LogP contribution < -0.4 is 5.32 Å². The predicted octanol–water partition coefficient (Wildman–Crippen LogP) is 1.36. The summed E-state index contributed by atoms with van der Waals surface area (Å²) in [4.78, 5) is 0. The lowest BCUT2D eigenvalue weighted by Crippen LogP contribution is -2.02. The average Bonchev–Trinajstić information content (AvgIpc) is 3.04. The van der Waals surface area contributed by atoms with Crippen LogP contribution in [0.3, 0.4) is 0 Å². The van der Waals surface area contributed by atoms with E-state index in [9.17, 15) is 0 Å². The molecule has 0 atom stereocenters. The summed E-state index contributed by atoms with van der Waals surface area (Å²) in [6.07, 6.45) is 5.54. The molecule has 0 bridgehead atoms. The number of aromatic nitrogens is 4. The number of nitrogens with zero attached hydrogens (tertiary/aromatic N) is 3. The molecule has 0 spiro atoms. The highest BCUT2D eigenvalue weighted by molar-refractivity contribution is 5.81. The van der Waals surface area contributed by atoms with Gasteiger partial charge in [0.1, 0.15) is 0 Å². The Morgan fingerprint density at radius 2 is 2.26 bits per heavy atom. The van der Waals surface area contributed by atoms with Gasteiger partial charge in [-0.3, -0.25) is 9.78 Å². The number of H-pyrrole nitrogens is 1. The van der Waals surface area contributed by atoms with Crippen LogP contribution in [0.2, 0.25) is 0 Å². The smallest absolute Gasteiger partial charge is 0.0651 e.